The molecule has 0 saturated carbocycles. The fourth-order valence-electron chi connectivity index (χ4n) is 1.72. The lowest BCUT2D eigenvalue weighted by atomic mass is 10.2. The molecule has 0 aromatic heterocycles. The Morgan fingerprint density at radius 3 is 2.45 bits per heavy atom. The van der Waals surface area contributed by atoms with Crippen molar-refractivity contribution < 1.29 is 13.2 Å². The summed E-state index contributed by atoms with van der Waals surface area (Å²) in [7, 11) is -3.89. The quantitative estimate of drug-likeness (QED) is 0.764. The van der Waals surface area contributed by atoms with Crippen molar-refractivity contribution in [2.24, 2.45) is 11.7 Å². The SMILES string of the molecule is CC(C)CN(CC(N)=O)S(=O)(=O)c1ccc(Cl)cc1N. The summed E-state index contributed by atoms with van der Waals surface area (Å²) < 4.78 is 26.1. The van der Waals surface area contributed by atoms with Gasteiger partial charge in [0.25, 0.3) is 0 Å². The zero-order chi connectivity index (χ0) is 15.5. The van der Waals surface area contributed by atoms with Gasteiger partial charge < -0.3 is 11.5 Å². The Morgan fingerprint density at radius 1 is 1.40 bits per heavy atom. The van der Waals surface area contributed by atoms with Crippen molar-refractivity contribution in [2.75, 3.05) is 18.8 Å². The molecule has 0 atom stereocenters. The second kappa shape index (κ2) is 6.43. The summed E-state index contributed by atoms with van der Waals surface area (Å²) in [4.78, 5) is 11.0. The van der Waals surface area contributed by atoms with Gasteiger partial charge in [0.05, 0.1) is 12.2 Å². The number of sulfonamides is 1. The molecule has 20 heavy (non-hydrogen) atoms. The number of nitrogens with two attached hydrogens (primary N) is 2. The van der Waals surface area contributed by atoms with Crippen molar-refractivity contribution in [3.05, 3.63) is 23.2 Å². The zero-order valence-corrected chi connectivity index (χ0v) is 12.9. The number of primary amides is 1. The number of hydrogen-bond acceptors (Lipinski definition) is 4. The summed E-state index contributed by atoms with van der Waals surface area (Å²) >= 11 is 5.75. The van der Waals surface area contributed by atoms with Crippen LogP contribution in [0.3, 0.4) is 0 Å². The Hall–Kier alpha value is -1.31. The van der Waals surface area contributed by atoms with E-state index in [2.05, 4.69) is 0 Å². The number of nitrogen functional groups attached to an aromatic ring is 1. The molecule has 0 radical (unpaired) electrons. The minimum atomic E-state index is -3.89. The van der Waals surface area contributed by atoms with E-state index in [1.54, 1.807) is 0 Å². The van der Waals surface area contributed by atoms with E-state index in [9.17, 15) is 13.2 Å². The van der Waals surface area contributed by atoms with Crippen molar-refractivity contribution in [2.45, 2.75) is 18.7 Å². The van der Waals surface area contributed by atoms with Gasteiger partial charge in [0.2, 0.25) is 15.9 Å². The molecule has 0 aliphatic carbocycles. The summed E-state index contributed by atoms with van der Waals surface area (Å²) in [5, 5.41) is 0.340. The van der Waals surface area contributed by atoms with Crippen LogP contribution in [0, 0.1) is 5.92 Å². The van der Waals surface area contributed by atoms with Gasteiger partial charge in [-0.05, 0) is 24.1 Å². The highest BCUT2D eigenvalue weighted by molar-refractivity contribution is 7.89. The molecule has 0 fully saturated rings. The average Bonchev–Trinajstić information content (AvgIpc) is 2.26. The van der Waals surface area contributed by atoms with Gasteiger partial charge in [-0.2, -0.15) is 4.31 Å². The van der Waals surface area contributed by atoms with Crippen LogP contribution in [0.1, 0.15) is 13.8 Å². The lowest BCUT2D eigenvalue weighted by Crippen LogP contribution is -2.40. The third kappa shape index (κ3) is 4.09. The second-order valence-electron chi connectivity index (χ2n) is 4.84. The highest BCUT2D eigenvalue weighted by Crippen LogP contribution is 2.25. The number of anilines is 1. The van der Waals surface area contributed by atoms with E-state index in [1.165, 1.54) is 18.2 Å². The Labute approximate surface area is 123 Å². The predicted molar refractivity (Wildman–Crippen MR) is 78.7 cm³/mol. The first kappa shape index (κ1) is 16.7. The molecule has 1 aromatic rings. The lowest BCUT2D eigenvalue weighted by molar-refractivity contribution is -0.118. The van der Waals surface area contributed by atoms with E-state index in [0.29, 0.717) is 5.02 Å². The first-order chi connectivity index (χ1) is 9.14. The molecule has 8 heteroatoms. The van der Waals surface area contributed by atoms with Crippen LogP contribution in [0.25, 0.3) is 0 Å². The molecule has 0 heterocycles. The highest BCUT2D eigenvalue weighted by atomic mass is 35.5. The smallest absolute Gasteiger partial charge is 0.245 e. The van der Waals surface area contributed by atoms with Gasteiger partial charge in [-0.1, -0.05) is 25.4 Å². The maximum absolute atomic E-state index is 12.5. The predicted octanol–water partition coefficient (Wildman–Crippen LogP) is 1.05. The van der Waals surface area contributed by atoms with E-state index in [1.807, 2.05) is 13.8 Å². The van der Waals surface area contributed by atoms with Crippen LogP contribution in [0.2, 0.25) is 5.02 Å². The van der Waals surface area contributed by atoms with E-state index < -0.39 is 15.9 Å². The maximum atomic E-state index is 12.5. The molecule has 0 bridgehead atoms. The fourth-order valence-corrected chi connectivity index (χ4v) is 3.57. The summed E-state index contributed by atoms with van der Waals surface area (Å²) in [6.07, 6.45) is 0. The number of nitrogens with zero attached hydrogens (tertiary/aromatic N) is 1. The first-order valence-corrected chi connectivity index (χ1v) is 7.80. The Kier molecular flexibility index (Phi) is 5.38. The van der Waals surface area contributed by atoms with E-state index >= 15 is 0 Å². The molecule has 0 spiro atoms. The summed E-state index contributed by atoms with van der Waals surface area (Å²) in [6.45, 7) is 3.47. The van der Waals surface area contributed by atoms with Crippen LogP contribution in [-0.4, -0.2) is 31.7 Å². The van der Waals surface area contributed by atoms with E-state index in [4.69, 9.17) is 23.1 Å². The van der Waals surface area contributed by atoms with E-state index in [-0.39, 0.29) is 29.6 Å². The Morgan fingerprint density at radius 2 is 2.00 bits per heavy atom. The number of hydrogen-bond donors (Lipinski definition) is 2. The number of carbonyl (C=O) groups is 1. The van der Waals surface area contributed by atoms with E-state index in [0.717, 1.165) is 4.31 Å². The molecule has 6 nitrogen and oxygen atoms in total. The fraction of sp³-hybridized carbons (Fsp3) is 0.417. The van der Waals surface area contributed by atoms with Crippen molar-refractivity contribution >= 4 is 33.2 Å². The number of carbonyl (C=O) groups excluding carboxylic acids is 1. The van der Waals surface area contributed by atoms with Crippen LogP contribution in [-0.2, 0) is 14.8 Å². The summed E-state index contributed by atoms with van der Waals surface area (Å²) in [5.41, 5.74) is 10.8. The highest BCUT2D eigenvalue weighted by Gasteiger charge is 2.28. The maximum Gasteiger partial charge on any atom is 0.245 e. The molecule has 1 rings (SSSR count). The Balaban J connectivity index is 3.24. The first-order valence-electron chi connectivity index (χ1n) is 5.98. The third-order valence-electron chi connectivity index (χ3n) is 2.49. The molecule has 4 N–H and O–H groups in total. The van der Waals surface area contributed by atoms with Gasteiger partial charge in [0.1, 0.15) is 4.90 Å². The van der Waals surface area contributed by atoms with Gasteiger partial charge >= 0.3 is 0 Å². The Bertz CT molecular complexity index is 602. The van der Waals surface area contributed by atoms with Crippen molar-refractivity contribution in [1.29, 1.82) is 0 Å². The minimum absolute atomic E-state index is 0.0377. The largest absolute Gasteiger partial charge is 0.398 e. The number of halogens is 1. The summed E-state index contributed by atoms with van der Waals surface area (Å²) in [6, 6.07) is 4.11. The van der Waals surface area contributed by atoms with Crippen molar-refractivity contribution in [1.82, 2.24) is 4.31 Å². The topological polar surface area (TPSA) is 106 Å². The van der Waals surface area contributed by atoms with Gasteiger partial charge in [0.15, 0.2) is 0 Å². The van der Waals surface area contributed by atoms with Crippen LogP contribution >= 0.6 is 11.6 Å². The van der Waals surface area contributed by atoms with Crippen LogP contribution in [0.5, 0.6) is 0 Å². The molecular formula is C12H18ClN3O3S. The third-order valence-corrected chi connectivity index (χ3v) is 4.61. The van der Waals surface area contributed by atoms with Crippen LogP contribution < -0.4 is 11.5 Å². The molecule has 0 saturated heterocycles. The molecule has 0 aliphatic rings. The lowest BCUT2D eigenvalue weighted by Gasteiger charge is -2.23. The molecule has 112 valence electrons. The van der Waals surface area contributed by atoms with Gasteiger partial charge in [-0.15, -0.1) is 0 Å². The monoisotopic (exact) mass is 319 g/mol. The summed E-state index contributed by atoms with van der Waals surface area (Å²) in [5.74, 6) is -0.681. The van der Waals surface area contributed by atoms with Crippen molar-refractivity contribution in [3.8, 4) is 0 Å². The van der Waals surface area contributed by atoms with Crippen LogP contribution in [0.15, 0.2) is 23.1 Å². The number of rotatable bonds is 6. The molecule has 0 aliphatic heterocycles. The molecule has 1 aromatic carbocycles. The van der Waals surface area contributed by atoms with Gasteiger partial charge in [0, 0.05) is 11.6 Å². The molecule has 1 amide bonds. The van der Waals surface area contributed by atoms with Crippen molar-refractivity contribution in [3.63, 3.8) is 0 Å². The standard InChI is InChI=1S/C12H18ClN3O3S/c1-8(2)6-16(7-12(15)17)20(18,19)11-4-3-9(13)5-10(11)14/h3-5,8H,6-7,14H2,1-2H3,(H2,15,17). The minimum Gasteiger partial charge on any atom is -0.398 e. The zero-order valence-electron chi connectivity index (χ0n) is 11.3. The second-order valence-corrected chi connectivity index (χ2v) is 7.18. The van der Waals surface area contributed by atoms with Gasteiger partial charge in [-0.3, -0.25) is 4.79 Å². The average molecular weight is 320 g/mol. The normalized spacial score (nSPS) is 12.1. The molecule has 0 unspecified atom stereocenters. The molecular weight excluding hydrogens is 302 g/mol. The number of benzene rings is 1. The number of amides is 1. The van der Waals surface area contributed by atoms with Crippen LogP contribution in [0.4, 0.5) is 5.69 Å². The van der Waals surface area contributed by atoms with Gasteiger partial charge in [-0.25, -0.2) is 8.42 Å².